The van der Waals surface area contributed by atoms with Crippen molar-refractivity contribution in [2.75, 3.05) is 38.2 Å². The Labute approximate surface area is 190 Å². The molecule has 2 aliphatic heterocycles. The van der Waals surface area contributed by atoms with Crippen molar-refractivity contribution in [1.82, 2.24) is 10.2 Å². The lowest BCUT2D eigenvalue weighted by Gasteiger charge is -2.32. The van der Waals surface area contributed by atoms with Crippen molar-refractivity contribution in [2.24, 2.45) is 10.9 Å². The van der Waals surface area contributed by atoms with Crippen LogP contribution in [0, 0.1) is 5.92 Å². The van der Waals surface area contributed by atoms with E-state index in [0.717, 1.165) is 62.0 Å². The Hall–Kier alpha value is -1.71. The average molecular weight is 516 g/mol. The maximum absolute atomic E-state index is 11.5. The van der Waals surface area contributed by atoms with E-state index >= 15 is 0 Å². The molecule has 29 heavy (non-hydrogen) atoms. The standard InChI is InChI=1S/C21H32N4O3.HI/c1-15(2)14-22-21(23-17-7-9-25(10-8-17)16(3)26)24-18-5-6-19-20(13-18)28-12-4-11-27-19;/h5-6,13,15,17H,4,7-12,14H2,1-3H3,(H2,22,23,24);1H. The number of carbonyl (C=O) groups is 1. The zero-order valence-corrected chi connectivity index (χ0v) is 19.9. The number of likely N-dealkylation sites (tertiary alicyclic amines) is 1. The Bertz CT molecular complexity index is 703. The molecule has 3 rings (SSSR count). The number of nitrogens with one attached hydrogen (secondary N) is 2. The number of aliphatic imine (C=N–C) groups is 1. The van der Waals surface area contributed by atoms with Crippen LogP contribution in [0.4, 0.5) is 5.69 Å². The second-order valence-corrected chi connectivity index (χ2v) is 7.84. The van der Waals surface area contributed by atoms with E-state index in [1.54, 1.807) is 6.92 Å². The van der Waals surface area contributed by atoms with Gasteiger partial charge in [0.25, 0.3) is 0 Å². The topological polar surface area (TPSA) is 75.2 Å². The van der Waals surface area contributed by atoms with Crippen molar-refractivity contribution >= 4 is 41.5 Å². The molecule has 1 aromatic rings. The number of ether oxygens (including phenoxy) is 2. The molecular formula is C21H33IN4O3. The van der Waals surface area contributed by atoms with Gasteiger partial charge in [-0.05, 0) is 30.9 Å². The molecule has 2 N–H and O–H groups in total. The average Bonchev–Trinajstić information content (AvgIpc) is 2.91. The fraction of sp³-hybridized carbons (Fsp3) is 0.619. The third-order valence-corrected chi connectivity index (χ3v) is 4.91. The fourth-order valence-electron chi connectivity index (χ4n) is 3.30. The van der Waals surface area contributed by atoms with Crippen molar-refractivity contribution in [3.8, 4) is 11.5 Å². The SMILES string of the molecule is CC(=O)N1CCC(NC(=NCC(C)C)Nc2ccc3c(c2)OCCCO3)CC1.I. The molecular weight excluding hydrogens is 483 g/mol. The smallest absolute Gasteiger partial charge is 0.219 e. The van der Waals surface area contributed by atoms with Gasteiger partial charge in [-0.1, -0.05) is 13.8 Å². The second kappa shape index (κ2) is 11.5. The van der Waals surface area contributed by atoms with E-state index in [1.165, 1.54) is 0 Å². The summed E-state index contributed by atoms with van der Waals surface area (Å²) in [6.45, 7) is 9.60. The molecule has 8 heteroatoms. The van der Waals surface area contributed by atoms with Crippen LogP contribution >= 0.6 is 24.0 Å². The van der Waals surface area contributed by atoms with E-state index < -0.39 is 0 Å². The molecule has 0 spiro atoms. The molecule has 0 unspecified atom stereocenters. The molecule has 0 radical (unpaired) electrons. The number of halogens is 1. The number of rotatable bonds is 4. The van der Waals surface area contributed by atoms with Crippen LogP contribution in [0.25, 0.3) is 0 Å². The molecule has 0 atom stereocenters. The molecule has 0 saturated carbocycles. The number of anilines is 1. The van der Waals surface area contributed by atoms with Crippen molar-refractivity contribution in [2.45, 2.75) is 46.1 Å². The predicted octanol–water partition coefficient (Wildman–Crippen LogP) is 3.49. The van der Waals surface area contributed by atoms with Crippen LogP contribution in [0.15, 0.2) is 23.2 Å². The van der Waals surface area contributed by atoms with Gasteiger partial charge in [0, 0.05) is 50.8 Å². The van der Waals surface area contributed by atoms with E-state index in [9.17, 15) is 4.79 Å². The van der Waals surface area contributed by atoms with Crippen LogP contribution in [-0.4, -0.2) is 55.7 Å². The van der Waals surface area contributed by atoms with Gasteiger partial charge in [-0.25, -0.2) is 0 Å². The molecule has 7 nitrogen and oxygen atoms in total. The van der Waals surface area contributed by atoms with E-state index in [-0.39, 0.29) is 29.9 Å². The minimum Gasteiger partial charge on any atom is -0.490 e. The first-order valence-corrected chi connectivity index (χ1v) is 10.2. The molecule has 162 valence electrons. The largest absolute Gasteiger partial charge is 0.490 e. The summed E-state index contributed by atoms with van der Waals surface area (Å²) in [6, 6.07) is 6.19. The first-order chi connectivity index (χ1) is 13.5. The van der Waals surface area contributed by atoms with E-state index in [0.29, 0.717) is 25.2 Å². The number of hydrogen-bond acceptors (Lipinski definition) is 4. The zero-order valence-electron chi connectivity index (χ0n) is 17.6. The third-order valence-electron chi connectivity index (χ3n) is 4.91. The molecule has 1 fully saturated rings. The molecule has 1 saturated heterocycles. The van der Waals surface area contributed by atoms with Crippen LogP contribution in [0.3, 0.4) is 0 Å². The Balaban J connectivity index is 0.00000300. The van der Waals surface area contributed by atoms with Gasteiger partial charge >= 0.3 is 0 Å². The van der Waals surface area contributed by atoms with E-state index in [4.69, 9.17) is 14.5 Å². The van der Waals surface area contributed by atoms with Gasteiger partial charge in [-0.2, -0.15) is 0 Å². The summed E-state index contributed by atoms with van der Waals surface area (Å²) in [6.07, 6.45) is 2.73. The maximum atomic E-state index is 11.5. The fourth-order valence-corrected chi connectivity index (χ4v) is 3.30. The normalized spacial score (nSPS) is 17.4. The van der Waals surface area contributed by atoms with Crippen LogP contribution in [0.1, 0.15) is 40.0 Å². The van der Waals surface area contributed by atoms with Crippen molar-refractivity contribution < 1.29 is 14.3 Å². The molecule has 1 aromatic carbocycles. The number of amides is 1. The Morgan fingerprint density at radius 1 is 1.21 bits per heavy atom. The number of carbonyl (C=O) groups excluding carboxylic acids is 1. The first-order valence-electron chi connectivity index (χ1n) is 10.2. The number of nitrogens with zero attached hydrogens (tertiary/aromatic N) is 2. The summed E-state index contributed by atoms with van der Waals surface area (Å²) >= 11 is 0. The van der Waals surface area contributed by atoms with Crippen molar-refractivity contribution in [3.63, 3.8) is 0 Å². The molecule has 2 aliphatic rings. The molecule has 0 aliphatic carbocycles. The lowest BCUT2D eigenvalue weighted by atomic mass is 10.1. The molecule has 2 heterocycles. The Morgan fingerprint density at radius 3 is 2.55 bits per heavy atom. The van der Waals surface area contributed by atoms with Crippen LogP contribution < -0.4 is 20.1 Å². The minimum absolute atomic E-state index is 0. The van der Waals surface area contributed by atoms with Gasteiger partial charge in [-0.3, -0.25) is 9.79 Å². The van der Waals surface area contributed by atoms with Gasteiger partial charge in [0.2, 0.25) is 5.91 Å². The second-order valence-electron chi connectivity index (χ2n) is 7.84. The van der Waals surface area contributed by atoms with Gasteiger partial charge < -0.3 is 25.0 Å². The number of benzene rings is 1. The number of hydrogen-bond donors (Lipinski definition) is 2. The highest BCUT2D eigenvalue weighted by Gasteiger charge is 2.21. The zero-order chi connectivity index (χ0) is 19.9. The number of piperidine rings is 1. The molecule has 0 bridgehead atoms. The van der Waals surface area contributed by atoms with Gasteiger partial charge in [0.05, 0.1) is 13.2 Å². The van der Waals surface area contributed by atoms with Crippen LogP contribution in [0.2, 0.25) is 0 Å². The lowest BCUT2D eigenvalue weighted by Crippen LogP contribution is -2.47. The number of guanidine groups is 1. The Morgan fingerprint density at radius 2 is 1.90 bits per heavy atom. The van der Waals surface area contributed by atoms with Crippen LogP contribution in [0.5, 0.6) is 11.5 Å². The van der Waals surface area contributed by atoms with Crippen molar-refractivity contribution in [3.05, 3.63) is 18.2 Å². The monoisotopic (exact) mass is 516 g/mol. The maximum Gasteiger partial charge on any atom is 0.219 e. The first kappa shape index (κ1) is 23.6. The quantitative estimate of drug-likeness (QED) is 0.364. The minimum atomic E-state index is 0. The lowest BCUT2D eigenvalue weighted by molar-refractivity contribution is -0.129. The highest BCUT2D eigenvalue weighted by molar-refractivity contribution is 14.0. The number of fused-ring (bicyclic) bond motifs is 1. The van der Waals surface area contributed by atoms with Gasteiger partial charge in [0.15, 0.2) is 17.5 Å². The molecule has 1 amide bonds. The summed E-state index contributed by atoms with van der Waals surface area (Å²) in [5.41, 5.74) is 0.917. The highest BCUT2D eigenvalue weighted by atomic mass is 127. The third kappa shape index (κ3) is 7.24. The summed E-state index contributed by atoms with van der Waals surface area (Å²) in [4.78, 5) is 18.2. The van der Waals surface area contributed by atoms with Gasteiger partial charge in [0.1, 0.15) is 0 Å². The van der Waals surface area contributed by atoms with Crippen LogP contribution in [-0.2, 0) is 4.79 Å². The Kier molecular flexibility index (Phi) is 9.32. The molecule has 0 aromatic heterocycles. The summed E-state index contributed by atoms with van der Waals surface area (Å²) in [7, 11) is 0. The van der Waals surface area contributed by atoms with Crippen molar-refractivity contribution in [1.29, 1.82) is 0 Å². The van der Waals surface area contributed by atoms with Gasteiger partial charge in [-0.15, -0.1) is 24.0 Å². The van der Waals surface area contributed by atoms with E-state index in [1.807, 2.05) is 23.1 Å². The van der Waals surface area contributed by atoms with E-state index in [2.05, 4.69) is 24.5 Å². The highest BCUT2D eigenvalue weighted by Crippen LogP contribution is 2.32. The summed E-state index contributed by atoms with van der Waals surface area (Å²) in [5, 5.41) is 6.95. The summed E-state index contributed by atoms with van der Waals surface area (Å²) in [5.74, 6) is 2.94. The predicted molar refractivity (Wildman–Crippen MR) is 127 cm³/mol. The summed E-state index contributed by atoms with van der Waals surface area (Å²) < 4.78 is 11.5.